The molecule has 8 heteroatoms. The largest absolute Gasteiger partial charge is 0.382 e. The Morgan fingerprint density at radius 3 is 2.27 bits per heavy atom. The minimum Gasteiger partial charge on any atom is -0.382 e. The van der Waals surface area contributed by atoms with Gasteiger partial charge in [0.25, 0.3) is 0 Å². The molecule has 0 saturated heterocycles. The highest BCUT2D eigenvalue weighted by atomic mass is 15.3. The van der Waals surface area contributed by atoms with Gasteiger partial charge >= 0.3 is 0 Å². The van der Waals surface area contributed by atoms with E-state index in [1.807, 2.05) is 0 Å². The van der Waals surface area contributed by atoms with Crippen molar-refractivity contribution in [1.29, 1.82) is 0 Å². The van der Waals surface area contributed by atoms with Crippen molar-refractivity contribution in [3.63, 3.8) is 0 Å². The third kappa shape index (κ3) is 1.25. The maximum atomic E-state index is 8.04. The fourth-order valence-corrected chi connectivity index (χ4v) is 0.492. The number of hydrogen-bond donors (Lipinski definition) is 2. The molecular formula is C3H4N8. The van der Waals surface area contributed by atoms with Gasteiger partial charge in [-0.3, -0.25) is 0 Å². The standard InChI is InChI=1S/C3H4N8/c4-2-1(7-10-6)3(5)9-11-8-2/h(H4,4,5,8,9). The van der Waals surface area contributed by atoms with Crippen LogP contribution in [0.1, 0.15) is 0 Å². The summed E-state index contributed by atoms with van der Waals surface area (Å²) in [6.45, 7) is 0. The van der Waals surface area contributed by atoms with E-state index in [2.05, 4.69) is 25.4 Å². The van der Waals surface area contributed by atoms with E-state index in [1.165, 1.54) is 0 Å². The summed E-state index contributed by atoms with van der Waals surface area (Å²) in [6, 6.07) is 0. The van der Waals surface area contributed by atoms with Gasteiger partial charge in [-0.05, 0) is 10.7 Å². The highest BCUT2D eigenvalue weighted by Gasteiger charge is 2.03. The highest BCUT2D eigenvalue weighted by Crippen LogP contribution is 2.23. The van der Waals surface area contributed by atoms with Gasteiger partial charge in [0.05, 0.1) is 0 Å². The number of rotatable bonds is 1. The summed E-state index contributed by atoms with van der Waals surface area (Å²) in [4.78, 5) is 2.48. The molecule has 0 aliphatic rings. The summed E-state index contributed by atoms with van der Waals surface area (Å²) in [5.41, 5.74) is 18.6. The van der Waals surface area contributed by atoms with E-state index >= 15 is 0 Å². The van der Waals surface area contributed by atoms with Gasteiger partial charge in [0.15, 0.2) is 11.6 Å². The lowest BCUT2D eigenvalue weighted by Gasteiger charge is -1.96. The zero-order valence-corrected chi connectivity index (χ0v) is 5.34. The molecule has 8 nitrogen and oxygen atoms in total. The lowest BCUT2D eigenvalue weighted by Crippen LogP contribution is -2.00. The molecule has 1 aromatic heterocycles. The van der Waals surface area contributed by atoms with E-state index in [0.717, 1.165) is 0 Å². The topological polar surface area (TPSA) is 139 Å². The number of nitrogens with two attached hydrogens (primary N) is 2. The van der Waals surface area contributed by atoms with Crippen molar-refractivity contribution in [2.75, 3.05) is 11.5 Å². The molecule has 1 heterocycles. The Kier molecular flexibility index (Phi) is 1.71. The summed E-state index contributed by atoms with van der Waals surface area (Å²) in [6.07, 6.45) is 0. The molecule has 0 aromatic carbocycles. The molecule has 0 aliphatic carbocycles. The van der Waals surface area contributed by atoms with Crippen molar-refractivity contribution in [2.24, 2.45) is 5.11 Å². The van der Waals surface area contributed by atoms with Crippen LogP contribution in [-0.4, -0.2) is 15.4 Å². The second-order valence-corrected chi connectivity index (χ2v) is 1.60. The molecular weight excluding hydrogens is 148 g/mol. The molecule has 0 aliphatic heterocycles. The van der Waals surface area contributed by atoms with Gasteiger partial charge in [0, 0.05) is 4.91 Å². The first-order chi connectivity index (χ1) is 5.25. The Bertz CT molecular complexity index is 291. The molecule has 0 unspecified atom stereocenters. The fourth-order valence-electron chi connectivity index (χ4n) is 0.492. The van der Waals surface area contributed by atoms with Crippen molar-refractivity contribution < 1.29 is 0 Å². The first-order valence-electron chi connectivity index (χ1n) is 2.55. The highest BCUT2D eigenvalue weighted by molar-refractivity contribution is 5.68. The van der Waals surface area contributed by atoms with Crippen molar-refractivity contribution in [1.82, 2.24) is 15.4 Å². The second kappa shape index (κ2) is 2.67. The van der Waals surface area contributed by atoms with Crippen LogP contribution in [0, 0.1) is 0 Å². The average molecular weight is 152 g/mol. The van der Waals surface area contributed by atoms with Crippen LogP contribution in [0.4, 0.5) is 17.3 Å². The average Bonchev–Trinajstić information content (AvgIpc) is 1.97. The molecule has 4 N–H and O–H groups in total. The number of nitrogens with zero attached hydrogens (tertiary/aromatic N) is 6. The smallest absolute Gasteiger partial charge is 0.161 e. The normalized spacial score (nSPS) is 8.73. The van der Waals surface area contributed by atoms with Gasteiger partial charge in [-0.1, -0.05) is 5.11 Å². The summed E-state index contributed by atoms with van der Waals surface area (Å²) in [5.74, 6) is -0.0643. The zero-order chi connectivity index (χ0) is 8.27. The molecule has 0 spiro atoms. The molecule has 0 amide bonds. The summed E-state index contributed by atoms with van der Waals surface area (Å²) < 4.78 is 0. The fraction of sp³-hybridized carbons (Fsp3) is 0. The van der Waals surface area contributed by atoms with Crippen LogP contribution in [0.3, 0.4) is 0 Å². The molecule has 1 rings (SSSR count). The predicted octanol–water partition coefficient (Wildman–Crippen LogP) is -0.0222. The van der Waals surface area contributed by atoms with Gasteiger partial charge in [-0.25, -0.2) is 0 Å². The van der Waals surface area contributed by atoms with Crippen molar-refractivity contribution in [3.8, 4) is 0 Å². The Morgan fingerprint density at radius 1 is 1.27 bits per heavy atom. The number of hydrogen-bond acceptors (Lipinski definition) is 6. The maximum absolute atomic E-state index is 8.04. The van der Waals surface area contributed by atoms with E-state index in [9.17, 15) is 0 Å². The SMILES string of the molecule is [N-]=[N+]=Nc1c(N)nnnc1N. The molecule has 0 bridgehead atoms. The van der Waals surface area contributed by atoms with Crippen LogP contribution < -0.4 is 11.5 Å². The van der Waals surface area contributed by atoms with E-state index in [0.29, 0.717) is 0 Å². The Morgan fingerprint density at radius 2 is 1.82 bits per heavy atom. The van der Waals surface area contributed by atoms with Crippen LogP contribution in [0.25, 0.3) is 10.4 Å². The first-order valence-corrected chi connectivity index (χ1v) is 2.55. The van der Waals surface area contributed by atoms with Gasteiger partial charge in [0.1, 0.15) is 5.69 Å². The minimum atomic E-state index is -0.0321. The van der Waals surface area contributed by atoms with Crippen LogP contribution >= 0.6 is 0 Å². The predicted molar refractivity (Wildman–Crippen MR) is 37.5 cm³/mol. The summed E-state index contributed by atoms with van der Waals surface area (Å²) in [5, 5.41) is 13.0. The molecule has 56 valence electrons. The van der Waals surface area contributed by atoms with Gasteiger partial charge in [0.2, 0.25) is 0 Å². The Labute approximate surface area is 60.8 Å². The molecule has 0 atom stereocenters. The third-order valence-corrected chi connectivity index (χ3v) is 0.935. The molecule has 1 aromatic rings. The van der Waals surface area contributed by atoms with E-state index in [4.69, 9.17) is 17.0 Å². The van der Waals surface area contributed by atoms with Crippen LogP contribution in [-0.2, 0) is 0 Å². The Balaban J connectivity index is 3.31. The molecule has 0 saturated carbocycles. The number of aromatic nitrogens is 3. The van der Waals surface area contributed by atoms with Gasteiger partial charge in [-0.2, -0.15) is 0 Å². The van der Waals surface area contributed by atoms with Crippen molar-refractivity contribution in [2.45, 2.75) is 0 Å². The number of nitrogen functional groups attached to an aromatic ring is 2. The van der Waals surface area contributed by atoms with Gasteiger partial charge in [-0.15, -0.1) is 10.2 Å². The zero-order valence-electron chi connectivity index (χ0n) is 5.34. The van der Waals surface area contributed by atoms with E-state index < -0.39 is 0 Å². The second-order valence-electron chi connectivity index (χ2n) is 1.60. The lowest BCUT2D eigenvalue weighted by molar-refractivity contribution is 0.881. The summed E-state index contributed by atoms with van der Waals surface area (Å²) in [7, 11) is 0. The number of azide groups is 1. The Hall–Kier alpha value is -2.08. The van der Waals surface area contributed by atoms with Gasteiger partial charge < -0.3 is 11.5 Å². The van der Waals surface area contributed by atoms with Crippen LogP contribution in [0.5, 0.6) is 0 Å². The van der Waals surface area contributed by atoms with Crippen LogP contribution in [0.2, 0.25) is 0 Å². The molecule has 11 heavy (non-hydrogen) atoms. The number of anilines is 2. The maximum Gasteiger partial charge on any atom is 0.161 e. The molecule has 0 radical (unpaired) electrons. The lowest BCUT2D eigenvalue weighted by atomic mass is 10.5. The quantitative estimate of drug-likeness (QED) is 0.330. The minimum absolute atomic E-state index is 0.0162. The van der Waals surface area contributed by atoms with E-state index in [-0.39, 0.29) is 17.3 Å². The monoisotopic (exact) mass is 152 g/mol. The third-order valence-electron chi connectivity index (χ3n) is 0.935. The van der Waals surface area contributed by atoms with Crippen LogP contribution in [0.15, 0.2) is 5.11 Å². The van der Waals surface area contributed by atoms with E-state index in [1.54, 1.807) is 0 Å². The summed E-state index contributed by atoms with van der Waals surface area (Å²) >= 11 is 0. The van der Waals surface area contributed by atoms with Crippen molar-refractivity contribution >= 4 is 17.3 Å². The van der Waals surface area contributed by atoms with Crippen molar-refractivity contribution in [3.05, 3.63) is 10.4 Å². The molecule has 0 fully saturated rings. The first kappa shape index (κ1) is 7.03.